The fourth-order valence-electron chi connectivity index (χ4n) is 5.76. The SMILES string of the molecule is CCOC(=O)C(CN(Cc1ccccc1)Cc1ccccc1)(c1ccccc1)N(Cc1ccccc1)Cc1ccccc1. The number of esters is 1. The Balaban J connectivity index is 1.67. The average molecular weight is 569 g/mol. The van der Waals surface area contributed by atoms with E-state index in [1.54, 1.807) is 0 Å². The van der Waals surface area contributed by atoms with Crippen LogP contribution in [0, 0.1) is 0 Å². The fraction of sp³-hybridized carbons (Fsp3) is 0.205. The predicted octanol–water partition coefficient (Wildman–Crippen LogP) is 7.85. The van der Waals surface area contributed by atoms with Crippen molar-refractivity contribution in [2.45, 2.75) is 38.6 Å². The maximum absolute atomic E-state index is 14.6. The van der Waals surface area contributed by atoms with Gasteiger partial charge in [0.05, 0.1) is 6.61 Å². The summed E-state index contributed by atoms with van der Waals surface area (Å²) in [6.07, 6.45) is 0. The van der Waals surface area contributed by atoms with Gasteiger partial charge in [-0.2, -0.15) is 0 Å². The number of ether oxygens (including phenoxy) is 1. The van der Waals surface area contributed by atoms with Crippen molar-refractivity contribution in [3.05, 3.63) is 179 Å². The monoisotopic (exact) mass is 568 g/mol. The fourth-order valence-corrected chi connectivity index (χ4v) is 5.76. The molecule has 0 spiro atoms. The van der Waals surface area contributed by atoms with Crippen LogP contribution in [0.4, 0.5) is 0 Å². The van der Waals surface area contributed by atoms with Gasteiger partial charge in [0, 0.05) is 32.7 Å². The third kappa shape index (κ3) is 7.86. The highest BCUT2D eigenvalue weighted by Gasteiger charge is 2.48. The number of hydrogen-bond acceptors (Lipinski definition) is 4. The smallest absolute Gasteiger partial charge is 0.332 e. The summed E-state index contributed by atoms with van der Waals surface area (Å²) in [5, 5.41) is 0. The molecule has 43 heavy (non-hydrogen) atoms. The molecule has 0 heterocycles. The van der Waals surface area contributed by atoms with E-state index in [0.717, 1.165) is 16.7 Å². The summed E-state index contributed by atoms with van der Waals surface area (Å²) in [5.41, 5.74) is 4.50. The highest BCUT2D eigenvalue weighted by Crippen LogP contribution is 2.36. The number of benzene rings is 5. The Morgan fingerprint density at radius 3 is 1.26 bits per heavy atom. The van der Waals surface area contributed by atoms with Gasteiger partial charge in [-0.15, -0.1) is 0 Å². The van der Waals surface area contributed by atoms with E-state index in [-0.39, 0.29) is 5.97 Å². The Morgan fingerprint density at radius 1 is 0.535 bits per heavy atom. The number of hydrogen-bond donors (Lipinski definition) is 0. The zero-order valence-electron chi connectivity index (χ0n) is 24.9. The Hall–Kier alpha value is -4.51. The zero-order chi connectivity index (χ0) is 29.7. The second-order valence-electron chi connectivity index (χ2n) is 10.9. The van der Waals surface area contributed by atoms with Crippen LogP contribution in [0.5, 0.6) is 0 Å². The summed E-state index contributed by atoms with van der Waals surface area (Å²) < 4.78 is 6.01. The van der Waals surface area contributed by atoms with Crippen LogP contribution >= 0.6 is 0 Å². The number of rotatable bonds is 14. The van der Waals surface area contributed by atoms with Gasteiger partial charge < -0.3 is 4.74 Å². The van der Waals surface area contributed by atoms with Gasteiger partial charge in [0.15, 0.2) is 5.54 Å². The minimum atomic E-state index is -1.09. The first-order valence-corrected chi connectivity index (χ1v) is 15.0. The predicted molar refractivity (Wildman–Crippen MR) is 174 cm³/mol. The van der Waals surface area contributed by atoms with Gasteiger partial charge in [0.1, 0.15) is 0 Å². The molecule has 5 aromatic rings. The maximum atomic E-state index is 14.6. The number of carbonyl (C=O) groups is 1. The standard InChI is InChI=1S/C39H40N2O2/c1-2-43-38(42)39(37-26-16-7-17-27-37,41(30-35-22-12-5-13-23-35)31-36-24-14-6-15-25-36)32-40(28-33-18-8-3-9-19-33)29-34-20-10-4-11-21-34/h3-27H,2,28-32H2,1H3. The van der Waals surface area contributed by atoms with Crippen molar-refractivity contribution in [3.63, 3.8) is 0 Å². The van der Waals surface area contributed by atoms with Gasteiger partial charge in [0.2, 0.25) is 0 Å². The first kappa shape index (κ1) is 30.0. The third-order valence-corrected chi connectivity index (χ3v) is 7.79. The molecule has 1 atom stereocenters. The second kappa shape index (κ2) is 15.1. The van der Waals surface area contributed by atoms with Crippen LogP contribution in [-0.2, 0) is 41.2 Å². The van der Waals surface area contributed by atoms with Gasteiger partial charge >= 0.3 is 5.97 Å². The lowest BCUT2D eigenvalue weighted by atomic mass is 9.85. The Bertz CT molecular complexity index is 1430. The molecule has 218 valence electrons. The van der Waals surface area contributed by atoms with Crippen molar-refractivity contribution in [1.29, 1.82) is 0 Å². The summed E-state index contributed by atoms with van der Waals surface area (Å²) >= 11 is 0. The van der Waals surface area contributed by atoms with Crippen molar-refractivity contribution < 1.29 is 9.53 Å². The highest BCUT2D eigenvalue weighted by atomic mass is 16.5. The Labute approximate surface area is 256 Å². The molecule has 0 aromatic heterocycles. The summed E-state index contributed by atoms with van der Waals surface area (Å²) in [7, 11) is 0. The van der Waals surface area contributed by atoms with Crippen LogP contribution in [0.25, 0.3) is 0 Å². The lowest BCUT2D eigenvalue weighted by Crippen LogP contribution is -2.58. The lowest BCUT2D eigenvalue weighted by Gasteiger charge is -2.45. The zero-order valence-corrected chi connectivity index (χ0v) is 24.9. The quantitative estimate of drug-likeness (QED) is 0.128. The largest absolute Gasteiger partial charge is 0.464 e. The molecule has 0 bridgehead atoms. The van der Waals surface area contributed by atoms with Gasteiger partial charge in [-0.05, 0) is 34.7 Å². The molecule has 0 fully saturated rings. The first-order valence-electron chi connectivity index (χ1n) is 15.0. The molecule has 0 aliphatic heterocycles. The molecular weight excluding hydrogens is 528 g/mol. The molecule has 5 rings (SSSR count). The average Bonchev–Trinajstić information content (AvgIpc) is 3.06. The molecule has 4 heteroatoms. The minimum absolute atomic E-state index is 0.237. The highest BCUT2D eigenvalue weighted by molar-refractivity contribution is 5.83. The normalized spacial score (nSPS) is 12.6. The summed E-state index contributed by atoms with van der Waals surface area (Å²) in [4.78, 5) is 19.3. The molecule has 0 aliphatic carbocycles. The van der Waals surface area contributed by atoms with Crippen molar-refractivity contribution in [2.24, 2.45) is 0 Å². The molecule has 0 N–H and O–H groups in total. The van der Waals surface area contributed by atoms with Crippen LogP contribution in [0.3, 0.4) is 0 Å². The topological polar surface area (TPSA) is 32.8 Å². The van der Waals surface area contributed by atoms with E-state index in [0.29, 0.717) is 39.3 Å². The molecule has 1 unspecified atom stereocenters. The van der Waals surface area contributed by atoms with Crippen molar-refractivity contribution in [2.75, 3.05) is 13.2 Å². The van der Waals surface area contributed by atoms with Crippen LogP contribution in [-0.4, -0.2) is 28.9 Å². The molecular formula is C39H40N2O2. The number of nitrogens with zero attached hydrogens (tertiary/aromatic N) is 2. The Kier molecular flexibility index (Phi) is 10.5. The molecule has 0 saturated heterocycles. The first-order chi connectivity index (χ1) is 21.2. The van der Waals surface area contributed by atoms with E-state index in [2.05, 4.69) is 119 Å². The maximum Gasteiger partial charge on any atom is 0.332 e. The minimum Gasteiger partial charge on any atom is -0.464 e. The van der Waals surface area contributed by atoms with Crippen molar-refractivity contribution in [1.82, 2.24) is 9.80 Å². The van der Waals surface area contributed by atoms with Crippen molar-refractivity contribution >= 4 is 5.97 Å². The van der Waals surface area contributed by atoms with Crippen molar-refractivity contribution in [3.8, 4) is 0 Å². The summed E-state index contributed by atoms with van der Waals surface area (Å²) in [6.45, 7) is 5.16. The van der Waals surface area contributed by atoms with Gasteiger partial charge in [-0.3, -0.25) is 9.80 Å². The lowest BCUT2D eigenvalue weighted by molar-refractivity contribution is -0.162. The van der Waals surface area contributed by atoms with Crippen LogP contribution in [0.15, 0.2) is 152 Å². The Morgan fingerprint density at radius 2 is 0.884 bits per heavy atom. The number of carbonyl (C=O) groups excluding carboxylic acids is 1. The van der Waals surface area contributed by atoms with E-state index in [9.17, 15) is 4.79 Å². The van der Waals surface area contributed by atoms with Gasteiger partial charge in [-0.25, -0.2) is 4.79 Å². The van der Waals surface area contributed by atoms with E-state index in [1.807, 2.05) is 49.4 Å². The van der Waals surface area contributed by atoms with E-state index in [4.69, 9.17) is 4.74 Å². The molecule has 0 saturated carbocycles. The molecule has 4 nitrogen and oxygen atoms in total. The molecule has 0 radical (unpaired) electrons. The van der Waals surface area contributed by atoms with Crippen LogP contribution in [0.1, 0.15) is 34.7 Å². The second-order valence-corrected chi connectivity index (χ2v) is 10.9. The molecule has 0 aliphatic rings. The van der Waals surface area contributed by atoms with Crippen LogP contribution in [0.2, 0.25) is 0 Å². The van der Waals surface area contributed by atoms with E-state index in [1.165, 1.54) is 11.1 Å². The van der Waals surface area contributed by atoms with Gasteiger partial charge in [-0.1, -0.05) is 152 Å². The molecule has 0 amide bonds. The van der Waals surface area contributed by atoms with Gasteiger partial charge in [0.25, 0.3) is 0 Å². The van der Waals surface area contributed by atoms with E-state index >= 15 is 0 Å². The van der Waals surface area contributed by atoms with Crippen LogP contribution < -0.4 is 0 Å². The summed E-state index contributed by atoms with van der Waals surface area (Å²) in [6, 6.07) is 52.0. The van der Waals surface area contributed by atoms with E-state index < -0.39 is 5.54 Å². The summed E-state index contributed by atoms with van der Waals surface area (Å²) in [5.74, 6) is -0.237. The third-order valence-electron chi connectivity index (χ3n) is 7.79. The molecule has 5 aromatic carbocycles.